The Morgan fingerprint density at radius 1 is 1.03 bits per heavy atom. The van der Waals surface area contributed by atoms with Gasteiger partial charge in [-0.25, -0.2) is 4.98 Å². The highest BCUT2D eigenvalue weighted by atomic mass is 16.5. The van der Waals surface area contributed by atoms with Crippen LogP contribution >= 0.6 is 0 Å². The topological polar surface area (TPSA) is 57.5 Å². The number of hydrogen-bond donors (Lipinski definition) is 1. The van der Waals surface area contributed by atoms with E-state index in [-0.39, 0.29) is 17.8 Å². The Morgan fingerprint density at radius 2 is 1.87 bits per heavy atom. The monoisotopic (exact) mass is 523 g/mol. The Hall–Kier alpha value is -3.77. The maximum atomic E-state index is 6.64. The normalized spacial score (nSPS) is 21.4. The fraction of sp³-hybridized carbons (Fsp3) is 0.364. The first kappa shape index (κ1) is 25.5. The van der Waals surface area contributed by atoms with E-state index in [2.05, 4.69) is 84.2 Å². The molecule has 6 nitrogen and oxygen atoms in total. The molecule has 0 radical (unpaired) electrons. The van der Waals surface area contributed by atoms with Crippen LogP contribution in [0.4, 0.5) is 5.69 Å². The summed E-state index contributed by atoms with van der Waals surface area (Å²) in [6, 6.07) is 23.1. The number of anilines is 1. The minimum absolute atomic E-state index is 0.00782. The fourth-order valence-corrected chi connectivity index (χ4v) is 5.84. The summed E-state index contributed by atoms with van der Waals surface area (Å²) in [7, 11) is 0. The molecule has 1 saturated heterocycles. The zero-order valence-electron chi connectivity index (χ0n) is 23.0. The summed E-state index contributed by atoms with van der Waals surface area (Å²) in [5.41, 5.74) is 5.27. The van der Waals surface area contributed by atoms with Gasteiger partial charge in [-0.15, -0.1) is 0 Å². The summed E-state index contributed by atoms with van der Waals surface area (Å²) in [6.45, 7) is 8.45. The fourth-order valence-electron chi connectivity index (χ4n) is 5.84. The Labute approximate surface area is 230 Å². The van der Waals surface area contributed by atoms with E-state index in [1.807, 2.05) is 30.7 Å². The van der Waals surface area contributed by atoms with Crippen molar-refractivity contribution in [3.63, 3.8) is 0 Å². The zero-order chi connectivity index (χ0) is 26.8. The van der Waals surface area contributed by atoms with E-state index in [4.69, 9.17) is 14.2 Å². The molecule has 3 heterocycles. The molecule has 0 spiro atoms. The van der Waals surface area contributed by atoms with Crippen LogP contribution in [0.1, 0.15) is 62.0 Å². The molecule has 0 saturated carbocycles. The van der Waals surface area contributed by atoms with Gasteiger partial charge < -0.3 is 24.1 Å². The molecule has 2 aliphatic rings. The van der Waals surface area contributed by atoms with Crippen molar-refractivity contribution in [1.29, 1.82) is 0 Å². The second-order valence-corrected chi connectivity index (χ2v) is 11.3. The number of nitrogens with zero attached hydrogens (tertiary/aromatic N) is 2. The van der Waals surface area contributed by atoms with Gasteiger partial charge in [-0.1, -0.05) is 42.5 Å². The standard InChI is InChI=1S/C33H37N3O3/c1-23-12-13-29-32(38-23)28-18-30(37-21-24-8-5-4-6-9-24)26(17-31(28)39-33(29,2)3)19-35-27-11-7-10-25(16-27)20-36-15-14-34-22-36/h4-11,14-18,22-23,29,32,35H,12-13,19-21H2,1-3H3/t23-,29-,32+/m0/s1. The second-order valence-electron chi connectivity index (χ2n) is 11.3. The maximum Gasteiger partial charge on any atom is 0.126 e. The van der Waals surface area contributed by atoms with Crippen molar-refractivity contribution >= 4 is 5.69 Å². The largest absolute Gasteiger partial charge is 0.489 e. The van der Waals surface area contributed by atoms with Gasteiger partial charge in [0.2, 0.25) is 0 Å². The Kier molecular flexibility index (Phi) is 7.05. The van der Waals surface area contributed by atoms with Gasteiger partial charge in [0.25, 0.3) is 0 Å². The lowest BCUT2D eigenvalue weighted by atomic mass is 9.75. The van der Waals surface area contributed by atoms with Crippen LogP contribution in [0.15, 0.2) is 85.5 Å². The lowest BCUT2D eigenvalue weighted by molar-refractivity contribution is -0.144. The van der Waals surface area contributed by atoms with Crippen molar-refractivity contribution in [2.75, 3.05) is 5.32 Å². The molecular weight excluding hydrogens is 486 g/mol. The molecule has 4 aromatic rings. The van der Waals surface area contributed by atoms with Crippen molar-refractivity contribution in [3.05, 3.63) is 108 Å². The van der Waals surface area contributed by atoms with Gasteiger partial charge in [0.15, 0.2) is 0 Å². The highest BCUT2D eigenvalue weighted by Crippen LogP contribution is 2.52. The summed E-state index contributed by atoms with van der Waals surface area (Å²) >= 11 is 0. The van der Waals surface area contributed by atoms with E-state index in [0.717, 1.165) is 53.3 Å². The van der Waals surface area contributed by atoms with E-state index in [0.29, 0.717) is 19.1 Å². The van der Waals surface area contributed by atoms with Gasteiger partial charge in [-0.05, 0) is 69.0 Å². The molecule has 0 bridgehead atoms. The van der Waals surface area contributed by atoms with Gasteiger partial charge in [0, 0.05) is 48.2 Å². The highest BCUT2D eigenvalue weighted by Gasteiger charge is 2.47. The molecule has 202 valence electrons. The number of ether oxygens (including phenoxy) is 3. The predicted octanol–water partition coefficient (Wildman–Crippen LogP) is 7.15. The number of nitrogens with one attached hydrogen (secondary N) is 1. The number of benzene rings is 3. The maximum absolute atomic E-state index is 6.64. The van der Waals surface area contributed by atoms with Crippen LogP contribution in [0, 0.1) is 5.92 Å². The highest BCUT2D eigenvalue weighted by molar-refractivity contribution is 5.52. The number of imidazole rings is 1. The van der Waals surface area contributed by atoms with Gasteiger partial charge in [0.1, 0.15) is 23.7 Å². The summed E-state index contributed by atoms with van der Waals surface area (Å²) in [4.78, 5) is 4.15. The molecule has 1 aromatic heterocycles. The minimum Gasteiger partial charge on any atom is -0.489 e. The molecule has 0 aliphatic carbocycles. The molecular formula is C33H37N3O3. The third-order valence-electron chi connectivity index (χ3n) is 7.97. The lowest BCUT2D eigenvalue weighted by Crippen LogP contribution is -2.48. The number of hydrogen-bond acceptors (Lipinski definition) is 5. The molecule has 1 fully saturated rings. The summed E-state index contributed by atoms with van der Waals surface area (Å²) in [6.07, 6.45) is 8.02. The Bertz CT molecular complexity index is 1400. The first-order valence-electron chi connectivity index (χ1n) is 13.9. The average molecular weight is 524 g/mol. The van der Waals surface area contributed by atoms with E-state index in [1.165, 1.54) is 5.56 Å². The SMILES string of the molecule is C[C@H]1CC[C@H]2[C@H](O1)c1cc(OCc3ccccc3)c(CNc3cccc(Cn4ccnc4)c3)cc1OC2(C)C. The van der Waals surface area contributed by atoms with Crippen molar-refractivity contribution < 1.29 is 14.2 Å². The van der Waals surface area contributed by atoms with Crippen molar-refractivity contribution in [2.24, 2.45) is 5.92 Å². The van der Waals surface area contributed by atoms with Gasteiger partial charge in [-0.2, -0.15) is 0 Å². The number of aromatic nitrogens is 2. The third kappa shape index (κ3) is 5.66. The zero-order valence-corrected chi connectivity index (χ0v) is 23.0. The first-order valence-corrected chi connectivity index (χ1v) is 13.9. The quantitative estimate of drug-likeness (QED) is 0.266. The van der Waals surface area contributed by atoms with E-state index in [1.54, 1.807) is 6.20 Å². The Morgan fingerprint density at radius 3 is 2.69 bits per heavy atom. The van der Waals surface area contributed by atoms with Crippen LogP contribution in [0.2, 0.25) is 0 Å². The van der Waals surface area contributed by atoms with Crippen molar-refractivity contribution in [2.45, 2.75) is 71.1 Å². The molecule has 6 heteroatoms. The molecule has 0 amide bonds. The van der Waals surface area contributed by atoms with Crippen molar-refractivity contribution in [1.82, 2.24) is 9.55 Å². The van der Waals surface area contributed by atoms with Crippen LogP contribution in [0.3, 0.4) is 0 Å². The molecule has 3 atom stereocenters. The molecule has 6 rings (SSSR count). The minimum atomic E-state index is -0.295. The van der Waals surface area contributed by atoms with E-state index < -0.39 is 0 Å². The first-order chi connectivity index (χ1) is 18.9. The smallest absolute Gasteiger partial charge is 0.126 e. The van der Waals surface area contributed by atoms with Crippen LogP contribution in [-0.2, 0) is 24.4 Å². The predicted molar refractivity (Wildman–Crippen MR) is 153 cm³/mol. The third-order valence-corrected chi connectivity index (χ3v) is 7.97. The Balaban J connectivity index is 1.29. The molecule has 1 N–H and O–H groups in total. The molecule has 2 aliphatic heterocycles. The number of fused-ring (bicyclic) bond motifs is 3. The molecule has 39 heavy (non-hydrogen) atoms. The average Bonchev–Trinajstić information content (AvgIpc) is 3.44. The number of rotatable bonds is 8. The van der Waals surface area contributed by atoms with Crippen LogP contribution in [0.25, 0.3) is 0 Å². The van der Waals surface area contributed by atoms with E-state index >= 15 is 0 Å². The van der Waals surface area contributed by atoms with Crippen LogP contribution in [-0.4, -0.2) is 21.3 Å². The molecule has 0 unspecified atom stereocenters. The lowest BCUT2D eigenvalue weighted by Gasteiger charge is -2.48. The van der Waals surface area contributed by atoms with Crippen LogP contribution in [0.5, 0.6) is 11.5 Å². The van der Waals surface area contributed by atoms with Crippen LogP contribution < -0.4 is 14.8 Å². The summed E-state index contributed by atoms with van der Waals surface area (Å²) in [5, 5.41) is 3.62. The summed E-state index contributed by atoms with van der Waals surface area (Å²) < 4.78 is 21.7. The molecule has 3 aromatic carbocycles. The van der Waals surface area contributed by atoms with Crippen molar-refractivity contribution in [3.8, 4) is 11.5 Å². The van der Waals surface area contributed by atoms with Gasteiger partial charge >= 0.3 is 0 Å². The second kappa shape index (κ2) is 10.8. The van der Waals surface area contributed by atoms with Gasteiger partial charge in [0.05, 0.1) is 18.5 Å². The van der Waals surface area contributed by atoms with Gasteiger partial charge in [-0.3, -0.25) is 0 Å². The summed E-state index contributed by atoms with van der Waals surface area (Å²) in [5.74, 6) is 2.07. The van der Waals surface area contributed by atoms with E-state index in [9.17, 15) is 0 Å².